The number of nitrogens with two attached hydrogens (primary N) is 1. The van der Waals surface area contributed by atoms with Gasteiger partial charge in [0.15, 0.2) is 0 Å². The number of hydrogen-bond donors (Lipinski definition) is 2. The highest BCUT2D eigenvalue weighted by Crippen LogP contribution is 2.28. The summed E-state index contributed by atoms with van der Waals surface area (Å²) in [5.74, 6) is -3.20. The van der Waals surface area contributed by atoms with Gasteiger partial charge >= 0.3 is 5.85 Å². The average Bonchev–Trinajstić information content (AvgIpc) is 2.50. The van der Waals surface area contributed by atoms with Gasteiger partial charge in [-0.2, -0.15) is 8.78 Å². The molecule has 0 radical (unpaired) electrons. The molecule has 126 valence electrons. The number of nitrogens with one attached hydrogen (secondary N) is 1. The van der Waals surface area contributed by atoms with Crippen LogP contribution in [0, 0.1) is 0 Å². The summed E-state index contributed by atoms with van der Waals surface area (Å²) in [5, 5.41) is 3.28. The maximum Gasteiger partial charge on any atom is 0.408 e. The first-order chi connectivity index (χ1) is 10.9. The first kappa shape index (κ1) is 17.6. The van der Waals surface area contributed by atoms with Crippen LogP contribution >= 0.6 is 9.24 Å². The molecule has 1 unspecified atom stereocenters. The van der Waals surface area contributed by atoms with E-state index in [4.69, 9.17) is 5.73 Å². The number of aliphatic imine (C=N–C) groups is 1. The first-order valence-corrected chi connectivity index (χ1v) is 7.86. The molecule has 1 atom stereocenters. The van der Waals surface area contributed by atoms with Crippen molar-refractivity contribution in [3.8, 4) is 5.75 Å². The molecule has 0 aliphatic carbocycles. The topological polar surface area (TPSA) is 62.9 Å². The van der Waals surface area contributed by atoms with Crippen LogP contribution in [0.3, 0.4) is 0 Å². The van der Waals surface area contributed by atoms with E-state index in [-0.39, 0.29) is 5.75 Å². The predicted molar refractivity (Wildman–Crippen MR) is 91.2 cm³/mol. The van der Waals surface area contributed by atoms with Crippen molar-refractivity contribution in [2.45, 2.75) is 12.8 Å². The third-order valence-electron chi connectivity index (χ3n) is 3.37. The summed E-state index contributed by atoms with van der Waals surface area (Å²) < 4.78 is 30.0. The van der Waals surface area contributed by atoms with Crippen molar-refractivity contribution in [2.24, 2.45) is 10.7 Å². The first-order valence-electron chi connectivity index (χ1n) is 7.28. The second-order valence-corrected chi connectivity index (χ2v) is 5.82. The van der Waals surface area contributed by atoms with Gasteiger partial charge < -0.3 is 20.7 Å². The summed E-state index contributed by atoms with van der Waals surface area (Å²) in [4.78, 5) is 6.67. The van der Waals surface area contributed by atoms with Gasteiger partial charge in [0, 0.05) is 32.4 Å². The number of halogens is 2. The molecule has 3 N–H and O–H groups in total. The largest absolute Gasteiger partial charge is 0.430 e. The van der Waals surface area contributed by atoms with E-state index in [2.05, 4.69) is 19.9 Å². The lowest BCUT2D eigenvalue weighted by atomic mass is 10.2. The van der Waals surface area contributed by atoms with Gasteiger partial charge in [-0.25, -0.2) is 0 Å². The van der Waals surface area contributed by atoms with E-state index < -0.39 is 5.85 Å². The zero-order chi connectivity index (χ0) is 16.9. The standard InChI is InChI=1S/C15H21F2N4OP/c1-11(14(10-18)21-8-6-19-7-9-21)20-12-2-4-13(5-3-12)22-15(16,17)23/h2-5,10,19H,6-9,18,23H2,1H3/b14-10+,20-11?. The number of benzene rings is 1. The molecule has 2 rings (SSSR count). The van der Waals surface area contributed by atoms with Gasteiger partial charge in [0.25, 0.3) is 0 Å². The lowest BCUT2D eigenvalue weighted by Gasteiger charge is -2.31. The maximum atomic E-state index is 12.8. The fraction of sp³-hybridized carbons (Fsp3) is 0.400. The molecule has 0 aromatic heterocycles. The minimum atomic E-state index is -3.28. The Morgan fingerprint density at radius 3 is 2.48 bits per heavy atom. The molecule has 5 nitrogen and oxygen atoms in total. The summed E-state index contributed by atoms with van der Waals surface area (Å²) in [6.07, 6.45) is 1.55. The van der Waals surface area contributed by atoms with E-state index in [1.54, 1.807) is 18.3 Å². The molecule has 1 heterocycles. The Morgan fingerprint density at radius 2 is 1.96 bits per heavy atom. The zero-order valence-electron chi connectivity index (χ0n) is 12.9. The molecule has 1 aromatic rings. The van der Waals surface area contributed by atoms with Crippen molar-refractivity contribution in [1.82, 2.24) is 10.2 Å². The zero-order valence-corrected chi connectivity index (χ0v) is 14.1. The van der Waals surface area contributed by atoms with Crippen LogP contribution in [0.1, 0.15) is 6.92 Å². The van der Waals surface area contributed by atoms with Crippen molar-refractivity contribution >= 4 is 20.6 Å². The predicted octanol–water partition coefficient (Wildman–Crippen LogP) is 2.29. The van der Waals surface area contributed by atoms with E-state index in [1.807, 2.05) is 6.92 Å². The minimum Gasteiger partial charge on any atom is -0.430 e. The molecule has 8 heteroatoms. The average molecular weight is 342 g/mol. The normalized spacial score (nSPS) is 17.3. The number of alkyl halides is 2. The molecule has 0 amide bonds. The molecule has 1 saturated heterocycles. The fourth-order valence-corrected chi connectivity index (χ4v) is 2.49. The van der Waals surface area contributed by atoms with Crippen molar-refractivity contribution in [2.75, 3.05) is 26.2 Å². The third kappa shape index (κ3) is 5.44. The van der Waals surface area contributed by atoms with E-state index >= 15 is 0 Å². The molecular formula is C15H21F2N4OP. The van der Waals surface area contributed by atoms with E-state index in [0.717, 1.165) is 37.6 Å². The molecular weight excluding hydrogens is 321 g/mol. The summed E-state index contributed by atoms with van der Waals surface area (Å²) in [6, 6.07) is 6.17. The van der Waals surface area contributed by atoms with Crippen molar-refractivity contribution in [3.63, 3.8) is 0 Å². The van der Waals surface area contributed by atoms with Crippen LogP contribution < -0.4 is 15.8 Å². The summed E-state index contributed by atoms with van der Waals surface area (Å²) in [7, 11) is 1.34. The minimum absolute atomic E-state index is 0.0818. The highest BCUT2D eigenvalue weighted by molar-refractivity contribution is 7.17. The highest BCUT2D eigenvalue weighted by atomic mass is 31.0. The molecule has 0 bridgehead atoms. The number of nitrogens with zero attached hydrogens (tertiary/aromatic N) is 2. The number of piperazine rings is 1. The second kappa shape index (κ2) is 7.70. The maximum absolute atomic E-state index is 12.8. The Balaban J connectivity index is 2.10. The second-order valence-electron chi connectivity index (χ2n) is 5.14. The Kier molecular flexibility index (Phi) is 5.91. The Labute approximate surface area is 136 Å². The summed E-state index contributed by atoms with van der Waals surface area (Å²) >= 11 is 0. The number of ether oxygens (including phenoxy) is 1. The van der Waals surface area contributed by atoms with Crippen LogP contribution in [-0.4, -0.2) is 42.6 Å². The Bertz CT molecular complexity index is 578. The van der Waals surface area contributed by atoms with E-state index in [9.17, 15) is 8.78 Å². The Morgan fingerprint density at radius 1 is 1.35 bits per heavy atom. The monoisotopic (exact) mass is 342 g/mol. The Hall–Kier alpha value is -1.72. The molecule has 1 aliphatic rings. The summed E-state index contributed by atoms with van der Waals surface area (Å²) in [5.41, 5.74) is 8.05. The lowest BCUT2D eigenvalue weighted by molar-refractivity contribution is -0.0892. The van der Waals surface area contributed by atoms with Crippen LogP contribution in [-0.2, 0) is 0 Å². The van der Waals surface area contributed by atoms with Gasteiger partial charge in [0.2, 0.25) is 0 Å². The van der Waals surface area contributed by atoms with Gasteiger partial charge in [-0.1, -0.05) is 0 Å². The number of hydrogen-bond acceptors (Lipinski definition) is 5. The number of rotatable bonds is 5. The third-order valence-corrected chi connectivity index (χ3v) is 3.49. The van der Waals surface area contributed by atoms with Crippen molar-refractivity contribution in [3.05, 3.63) is 36.2 Å². The van der Waals surface area contributed by atoms with Crippen LogP contribution in [0.25, 0.3) is 0 Å². The van der Waals surface area contributed by atoms with Gasteiger partial charge in [-0.15, -0.1) is 0 Å². The molecule has 0 saturated carbocycles. The van der Waals surface area contributed by atoms with Crippen molar-refractivity contribution in [1.29, 1.82) is 0 Å². The number of allylic oxidation sites excluding steroid dienone is 1. The molecule has 1 aliphatic heterocycles. The van der Waals surface area contributed by atoms with Gasteiger partial charge in [-0.05, 0) is 40.4 Å². The van der Waals surface area contributed by atoms with Gasteiger partial charge in [-0.3, -0.25) is 4.99 Å². The molecule has 0 spiro atoms. The van der Waals surface area contributed by atoms with Gasteiger partial charge in [0.1, 0.15) is 5.75 Å². The quantitative estimate of drug-likeness (QED) is 0.637. The highest BCUT2D eigenvalue weighted by Gasteiger charge is 2.23. The SMILES string of the molecule is CC(=Nc1ccc(OC(F)(F)P)cc1)/C(=C\N)N1CCNCC1. The summed E-state index contributed by atoms with van der Waals surface area (Å²) in [6.45, 7) is 5.42. The van der Waals surface area contributed by atoms with Crippen LogP contribution in [0.2, 0.25) is 0 Å². The van der Waals surface area contributed by atoms with Gasteiger partial charge in [0.05, 0.1) is 17.1 Å². The van der Waals surface area contributed by atoms with Crippen LogP contribution in [0.5, 0.6) is 5.75 Å². The molecule has 1 aromatic carbocycles. The van der Waals surface area contributed by atoms with Crippen LogP contribution in [0.4, 0.5) is 14.5 Å². The van der Waals surface area contributed by atoms with E-state index in [1.165, 1.54) is 21.4 Å². The van der Waals surface area contributed by atoms with E-state index in [0.29, 0.717) is 5.69 Å². The lowest BCUT2D eigenvalue weighted by Crippen LogP contribution is -2.44. The smallest absolute Gasteiger partial charge is 0.408 e. The fourth-order valence-electron chi connectivity index (χ4n) is 2.36. The molecule has 23 heavy (non-hydrogen) atoms. The molecule has 1 fully saturated rings. The van der Waals surface area contributed by atoms with Crippen molar-refractivity contribution < 1.29 is 13.5 Å². The van der Waals surface area contributed by atoms with Crippen LogP contribution in [0.15, 0.2) is 41.2 Å².